The zero-order valence-electron chi connectivity index (χ0n) is 13.4. The highest BCUT2D eigenvalue weighted by Crippen LogP contribution is 2.40. The summed E-state index contributed by atoms with van der Waals surface area (Å²) >= 11 is 0. The molecule has 0 spiro atoms. The average Bonchev–Trinajstić information content (AvgIpc) is 2.23. The highest BCUT2D eigenvalue weighted by molar-refractivity contribution is 5.50. The minimum atomic E-state index is -1.15. The minimum Gasteiger partial charge on any atom is -0.496 e. The monoisotopic (exact) mass is 282 g/mol. The molecular formula is C16H26O4. The van der Waals surface area contributed by atoms with E-state index in [2.05, 4.69) is 0 Å². The van der Waals surface area contributed by atoms with E-state index in [1.807, 2.05) is 0 Å². The molecule has 0 saturated carbocycles. The Labute approximate surface area is 121 Å². The molecule has 1 rings (SSSR count). The number of ether oxygens (including phenoxy) is 1. The maximum atomic E-state index is 10.3. The van der Waals surface area contributed by atoms with Crippen molar-refractivity contribution in [1.82, 2.24) is 0 Å². The molecule has 4 nitrogen and oxygen atoms in total. The summed E-state index contributed by atoms with van der Waals surface area (Å²) in [5, 5.41) is 30.9. The summed E-state index contributed by atoms with van der Waals surface area (Å²) in [4.78, 5) is 0. The SMILES string of the molecule is COc1c(C(C)(C)O)cc(C(C)(C)O)cc1C(C)(C)O. The van der Waals surface area contributed by atoms with Gasteiger partial charge in [0.15, 0.2) is 0 Å². The molecule has 0 fully saturated rings. The fourth-order valence-electron chi connectivity index (χ4n) is 2.11. The molecule has 0 aliphatic rings. The lowest BCUT2D eigenvalue weighted by atomic mass is 9.84. The maximum absolute atomic E-state index is 10.3. The van der Waals surface area contributed by atoms with Gasteiger partial charge in [-0.2, -0.15) is 0 Å². The molecule has 0 saturated heterocycles. The first-order chi connectivity index (χ1) is 8.78. The van der Waals surface area contributed by atoms with Crippen LogP contribution in [0.4, 0.5) is 0 Å². The van der Waals surface area contributed by atoms with Crippen LogP contribution in [0, 0.1) is 0 Å². The van der Waals surface area contributed by atoms with Gasteiger partial charge in [-0.3, -0.25) is 0 Å². The first-order valence-electron chi connectivity index (χ1n) is 6.69. The lowest BCUT2D eigenvalue weighted by Crippen LogP contribution is -2.25. The fourth-order valence-corrected chi connectivity index (χ4v) is 2.11. The molecule has 0 aliphatic carbocycles. The zero-order chi connectivity index (χ0) is 15.9. The van der Waals surface area contributed by atoms with Crippen molar-refractivity contribution in [3.63, 3.8) is 0 Å². The standard InChI is InChI=1S/C16H26O4/c1-14(2,17)10-8-11(15(3,4)18)13(20-7)12(9-10)16(5,6)19/h8-9,17-19H,1-7H3. The number of hydrogen-bond donors (Lipinski definition) is 3. The van der Waals surface area contributed by atoms with Crippen LogP contribution in [0.3, 0.4) is 0 Å². The molecule has 114 valence electrons. The normalized spacial score (nSPS) is 13.5. The number of methoxy groups -OCH3 is 1. The van der Waals surface area contributed by atoms with Crippen LogP contribution in [0.15, 0.2) is 12.1 Å². The van der Waals surface area contributed by atoms with Gasteiger partial charge in [0.1, 0.15) is 5.75 Å². The summed E-state index contributed by atoms with van der Waals surface area (Å²) in [7, 11) is 1.50. The molecule has 1 aromatic carbocycles. The average molecular weight is 282 g/mol. The summed E-state index contributed by atoms with van der Waals surface area (Å²) in [5.74, 6) is 0.443. The van der Waals surface area contributed by atoms with Crippen molar-refractivity contribution in [3.05, 3.63) is 28.8 Å². The van der Waals surface area contributed by atoms with Crippen molar-refractivity contribution in [3.8, 4) is 5.75 Å². The van der Waals surface area contributed by atoms with Crippen molar-refractivity contribution in [2.75, 3.05) is 7.11 Å². The van der Waals surface area contributed by atoms with Crippen LogP contribution in [0.2, 0.25) is 0 Å². The zero-order valence-corrected chi connectivity index (χ0v) is 13.4. The van der Waals surface area contributed by atoms with Gasteiger partial charge in [-0.1, -0.05) is 0 Å². The Morgan fingerprint density at radius 3 is 1.30 bits per heavy atom. The highest BCUT2D eigenvalue weighted by Gasteiger charge is 2.32. The van der Waals surface area contributed by atoms with Crippen LogP contribution in [-0.2, 0) is 16.8 Å². The van der Waals surface area contributed by atoms with Crippen LogP contribution in [0.5, 0.6) is 5.75 Å². The quantitative estimate of drug-likeness (QED) is 0.793. The third-order valence-corrected chi connectivity index (χ3v) is 3.32. The molecule has 0 unspecified atom stereocenters. The number of benzene rings is 1. The van der Waals surface area contributed by atoms with Crippen LogP contribution >= 0.6 is 0 Å². The third-order valence-electron chi connectivity index (χ3n) is 3.32. The highest BCUT2D eigenvalue weighted by atomic mass is 16.5. The Kier molecular flexibility index (Phi) is 4.26. The van der Waals surface area contributed by atoms with E-state index in [9.17, 15) is 15.3 Å². The molecule has 0 aromatic heterocycles. The van der Waals surface area contributed by atoms with Crippen molar-refractivity contribution in [2.45, 2.75) is 58.3 Å². The van der Waals surface area contributed by atoms with Gasteiger partial charge in [-0.05, 0) is 59.2 Å². The molecule has 1 aromatic rings. The van der Waals surface area contributed by atoms with Crippen LogP contribution in [0.25, 0.3) is 0 Å². The van der Waals surface area contributed by atoms with E-state index in [0.717, 1.165) is 0 Å². The van der Waals surface area contributed by atoms with Crippen molar-refractivity contribution < 1.29 is 20.1 Å². The van der Waals surface area contributed by atoms with Crippen LogP contribution in [0.1, 0.15) is 58.2 Å². The topological polar surface area (TPSA) is 69.9 Å². The lowest BCUT2D eigenvalue weighted by Gasteiger charge is -2.30. The van der Waals surface area contributed by atoms with Crippen molar-refractivity contribution >= 4 is 0 Å². The molecule has 0 bridgehead atoms. The summed E-state index contributed by atoms with van der Waals surface area (Å²) in [6, 6.07) is 3.43. The van der Waals surface area contributed by atoms with Gasteiger partial charge in [0, 0.05) is 11.1 Å². The third kappa shape index (κ3) is 3.51. The second-order valence-electron chi connectivity index (χ2n) is 6.78. The van der Waals surface area contributed by atoms with E-state index in [-0.39, 0.29) is 0 Å². The van der Waals surface area contributed by atoms with Crippen LogP contribution in [-0.4, -0.2) is 22.4 Å². The fraction of sp³-hybridized carbons (Fsp3) is 0.625. The molecule has 0 aliphatic heterocycles. The van der Waals surface area contributed by atoms with E-state index >= 15 is 0 Å². The van der Waals surface area contributed by atoms with E-state index in [1.165, 1.54) is 7.11 Å². The molecule has 0 radical (unpaired) electrons. The summed E-state index contributed by atoms with van der Waals surface area (Å²) in [5.41, 5.74) is -1.67. The van der Waals surface area contributed by atoms with Gasteiger partial charge in [-0.25, -0.2) is 0 Å². The molecule has 3 N–H and O–H groups in total. The van der Waals surface area contributed by atoms with E-state index in [0.29, 0.717) is 22.4 Å². The largest absolute Gasteiger partial charge is 0.496 e. The maximum Gasteiger partial charge on any atom is 0.131 e. The molecular weight excluding hydrogens is 256 g/mol. The van der Waals surface area contributed by atoms with E-state index in [1.54, 1.807) is 53.7 Å². The number of rotatable bonds is 4. The smallest absolute Gasteiger partial charge is 0.131 e. The molecule has 0 amide bonds. The Morgan fingerprint density at radius 2 is 1.10 bits per heavy atom. The van der Waals surface area contributed by atoms with Gasteiger partial charge < -0.3 is 20.1 Å². The molecule has 0 heterocycles. The first kappa shape index (κ1) is 17.0. The summed E-state index contributed by atoms with van der Waals surface area (Å²) in [6.45, 7) is 9.91. The van der Waals surface area contributed by atoms with Crippen molar-refractivity contribution in [1.29, 1.82) is 0 Å². The van der Waals surface area contributed by atoms with Crippen molar-refractivity contribution in [2.24, 2.45) is 0 Å². The van der Waals surface area contributed by atoms with Gasteiger partial charge in [-0.15, -0.1) is 0 Å². The van der Waals surface area contributed by atoms with E-state index < -0.39 is 16.8 Å². The van der Waals surface area contributed by atoms with Gasteiger partial charge >= 0.3 is 0 Å². The molecule has 20 heavy (non-hydrogen) atoms. The summed E-state index contributed by atoms with van der Waals surface area (Å²) < 4.78 is 5.40. The second-order valence-corrected chi connectivity index (χ2v) is 6.78. The number of aliphatic hydroxyl groups is 3. The predicted molar refractivity (Wildman–Crippen MR) is 78.7 cm³/mol. The van der Waals surface area contributed by atoms with E-state index in [4.69, 9.17) is 4.74 Å². The van der Waals surface area contributed by atoms with Gasteiger partial charge in [0.25, 0.3) is 0 Å². The molecule has 0 atom stereocenters. The molecule has 4 heteroatoms. The summed E-state index contributed by atoms with van der Waals surface area (Å²) in [6.07, 6.45) is 0. The minimum absolute atomic E-state index is 0.443. The Hall–Kier alpha value is -1.10. The second kappa shape index (κ2) is 5.02. The Morgan fingerprint density at radius 1 is 0.750 bits per heavy atom. The van der Waals surface area contributed by atoms with Gasteiger partial charge in [0.05, 0.1) is 23.9 Å². The Bertz CT molecular complexity index is 450. The van der Waals surface area contributed by atoms with Gasteiger partial charge in [0.2, 0.25) is 0 Å². The Balaban J connectivity index is 3.75. The number of hydrogen-bond acceptors (Lipinski definition) is 4. The lowest BCUT2D eigenvalue weighted by molar-refractivity contribution is 0.0607. The van der Waals surface area contributed by atoms with Crippen LogP contribution < -0.4 is 4.74 Å². The predicted octanol–water partition coefficient (Wildman–Crippen LogP) is 2.38. The first-order valence-corrected chi connectivity index (χ1v) is 6.69.